The summed E-state index contributed by atoms with van der Waals surface area (Å²) < 4.78 is 10.6. The van der Waals surface area contributed by atoms with Crippen LogP contribution in [0.4, 0.5) is 0 Å². The van der Waals surface area contributed by atoms with E-state index in [2.05, 4.69) is 4.90 Å². The monoisotopic (exact) mass is 298 g/mol. The smallest absolute Gasteiger partial charge is 0.179 e. The van der Waals surface area contributed by atoms with Crippen LogP contribution in [0.25, 0.3) is 0 Å². The summed E-state index contributed by atoms with van der Waals surface area (Å²) in [6.07, 6.45) is 2.43. The molecule has 0 amide bonds. The molecule has 1 aliphatic rings. The van der Waals surface area contributed by atoms with Crippen LogP contribution in [0.3, 0.4) is 0 Å². The highest BCUT2D eigenvalue weighted by atomic mass is 35.5. The maximum atomic E-state index is 6.43. The van der Waals surface area contributed by atoms with Crippen LogP contribution in [-0.2, 0) is 6.54 Å². The highest BCUT2D eigenvalue weighted by Crippen LogP contribution is 2.38. The van der Waals surface area contributed by atoms with Gasteiger partial charge in [-0.05, 0) is 43.5 Å². The largest absolute Gasteiger partial charge is 0.493 e. The molecule has 1 fully saturated rings. The Labute approximate surface area is 125 Å². The number of piperidine rings is 1. The van der Waals surface area contributed by atoms with Crippen molar-refractivity contribution in [1.82, 2.24) is 4.90 Å². The first-order valence-electron chi connectivity index (χ1n) is 7.01. The summed E-state index contributed by atoms with van der Waals surface area (Å²) in [6.45, 7) is 3.73. The highest BCUT2D eigenvalue weighted by Gasteiger charge is 2.21. The molecule has 0 bridgehead atoms. The molecule has 5 heteroatoms. The maximum Gasteiger partial charge on any atom is 0.179 e. The van der Waals surface area contributed by atoms with Crippen molar-refractivity contribution in [3.8, 4) is 11.5 Å². The van der Waals surface area contributed by atoms with Gasteiger partial charge < -0.3 is 15.2 Å². The molecule has 1 atom stereocenters. The van der Waals surface area contributed by atoms with E-state index in [-0.39, 0.29) is 0 Å². The molecule has 4 nitrogen and oxygen atoms in total. The fraction of sp³-hybridized carbons (Fsp3) is 0.600. The van der Waals surface area contributed by atoms with Gasteiger partial charge in [-0.25, -0.2) is 0 Å². The van der Waals surface area contributed by atoms with Crippen molar-refractivity contribution in [2.75, 3.05) is 33.9 Å². The number of likely N-dealkylation sites (tertiary alicyclic amines) is 1. The first-order chi connectivity index (χ1) is 9.69. The minimum Gasteiger partial charge on any atom is -0.493 e. The lowest BCUT2D eigenvalue weighted by Gasteiger charge is -2.32. The molecule has 1 saturated heterocycles. The first kappa shape index (κ1) is 15.4. The van der Waals surface area contributed by atoms with Gasteiger partial charge in [-0.3, -0.25) is 4.90 Å². The zero-order valence-electron chi connectivity index (χ0n) is 12.2. The molecular weight excluding hydrogens is 276 g/mol. The number of halogens is 1. The maximum absolute atomic E-state index is 6.43. The van der Waals surface area contributed by atoms with Gasteiger partial charge in [0, 0.05) is 13.1 Å². The second-order valence-electron chi connectivity index (χ2n) is 5.25. The second-order valence-corrected chi connectivity index (χ2v) is 5.63. The third-order valence-corrected chi connectivity index (χ3v) is 4.31. The Morgan fingerprint density at radius 3 is 2.80 bits per heavy atom. The summed E-state index contributed by atoms with van der Waals surface area (Å²) in [4.78, 5) is 2.41. The van der Waals surface area contributed by atoms with E-state index in [0.717, 1.165) is 31.7 Å². The van der Waals surface area contributed by atoms with Crippen LogP contribution >= 0.6 is 11.6 Å². The topological polar surface area (TPSA) is 47.7 Å². The lowest BCUT2D eigenvalue weighted by molar-refractivity contribution is 0.171. The number of benzene rings is 1. The van der Waals surface area contributed by atoms with E-state index in [1.807, 2.05) is 12.1 Å². The van der Waals surface area contributed by atoms with Gasteiger partial charge in [0.2, 0.25) is 0 Å². The van der Waals surface area contributed by atoms with E-state index in [0.29, 0.717) is 22.4 Å². The van der Waals surface area contributed by atoms with Crippen LogP contribution in [0.1, 0.15) is 18.4 Å². The third kappa shape index (κ3) is 3.37. The fourth-order valence-electron chi connectivity index (χ4n) is 2.78. The van der Waals surface area contributed by atoms with E-state index in [4.69, 9.17) is 26.8 Å². The molecule has 1 aromatic carbocycles. The summed E-state index contributed by atoms with van der Waals surface area (Å²) in [5.74, 6) is 1.88. The van der Waals surface area contributed by atoms with E-state index >= 15 is 0 Å². The van der Waals surface area contributed by atoms with Gasteiger partial charge in [-0.2, -0.15) is 0 Å². The van der Waals surface area contributed by atoms with Crippen molar-refractivity contribution in [3.05, 3.63) is 22.7 Å². The molecule has 20 heavy (non-hydrogen) atoms. The lowest BCUT2D eigenvalue weighted by Crippen LogP contribution is -2.37. The highest BCUT2D eigenvalue weighted by molar-refractivity contribution is 6.33. The van der Waals surface area contributed by atoms with E-state index < -0.39 is 0 Å². The van der Waals surface area contributed by atoms with Crippen molar-refractivity contribution in [1.29, 1.82) is 0 Å². The van der Waals surface area contributed by atoms with Gasteiger partial charge in [0.05, 0.1) is 19.2 Å². The predicted octanol–water partition coefficient (Wildman–Crippen LogP) is 2.53. The molecule has 2 N–H and O–H groups in total. The van der Waals surface area contributed by atoms with Gasteiger partial charge in [0.1, 0.15) is 0 Å². The Morgan fingerprint density at radius 2 is 2.15 bits per heavy atom. The van der Waals surface area contributed by atoms with Gasteiger partial charge in [-0.15, -0.1) is 0 Å². The van der Waals surface area contributed by atoms with Crippen molar-refractivity contribution in [2.24, 2.45) is 11.7 Å². The fourth-order valence-corrected chi connectivity index (χ4v) is 3.07. The van der Waals surface area contributed by atoms with Gasteiger partial charge in [0.25, 0.3) is 0 Å². The molecule has 0 saturated carbocycles. The average Bonchev–Trinajstić information content (AvgIpc) is 2.49. The van der Waals surface area contributed by atoms with Crippen LogP contribution in [0.5, 0.6) is 11.5 Å². The molecule has 112 valence electrons. The SMILES string of the molecule is COc1ccc(CN2CCCC(CN)C2)c(Cl)c1OC. The molecule has 0 aliphatic carbocycles. The first-order valence-corrected chi connectivity index (χ1v) is 7.39. The molecule has 2 rings (SSSR count). The lowest BCUT2D eigenvalue weighted by atomic mass is 9.98. The minimum absolute atomic E-state index is 0.600. The summed E-state index contributed by atoms with van der Waals surface area (Å²) in [5.41, 5.74) is 6.85. The van der Waals surface area contributed by atoms with Gasteiger partial charge in [0.15, 0.2) is 11.5 Å². The Kier molecular flexibility index (Phi) is 5.52. The molecule has 0 radical (unpaired) electrons. The average molecular weight is 299 g/mol. The standard InChI is InChI=1S/C15H23ClN2O2/c1-19-13-6-5-12(14(16)15(13)20-2)10-18-7-3-4-11(8-17)9-18/h5-6,11H,3-4,7-10,17H2,1-2H3. The van der Waals surface area contributed by atoms with Crippen LogP contribution in [0.2, 0.25) is 5.02 Å². The van der Waals surface area contributed by atoms with Crippen LogP contribution in [0, 0.1) is 5.92 Å². The Hall–Kier alpha value is -0.970. The molecule has 0 aromatic heterocycles. The number of methoxy groups -OCH3 is 2. The Bertz CT molecular complexity index is 454. The zero-order chi connectivity index (χ0) is 14.5. The van der Waals surface area contributed by atoms with Crippen LogP contribution < -0.4 is 15.2 Å². The molecule has 1 aliphatic heterocycles. The zero-order valence-corrected chi connectivity index (χ0v) is 12.9. The van der Waals surface area contributed by atoms with Gasteiger partial charge >= 0.3 is 0 Å². The van der Waals surface area contributed by atoms with E-state index in [1.165, 1.54) is 12.8 Å². The summed E-state index contributed by atoms with van der Waals surface area (Å²) in [7, 11) is 3.23. The normalized spacial score (nSPS) is 19.9. The number of nitrogens with two attached hydrogens (primary N) is 1. The number of rotatable bonds is 5. The Balaban J connectivity index is 2.13. The molecule has 1 unspecified atom stereocenters. The third-order valence-electron chi connectivity index (χ3n) is 3.90. The van der Waals surface area contributed by atoms with E-state index in [9.17, 15) is 0 Å². The minimum atomic E-state index is 0.600. The van der Waals surface area contributed by atoms with Crippen molar-refractivity contribution in [3.63, 3.8) is 0 Å². The number of nitrogens with zero attached hydrogens (tertiary/aromatic N) is 1. The van der Waals surface area contributed by atoms with Crippen molar-refractivity contribution >= 4 is 11.6 Å². The number of ether oxygens (including phenoxy) is 2. The second kappa shape index (κ2) is 7.16. The Morgan fingerprint density at radius 1 is 1.35 bits per heavy atom. The van der Waals surface area contributed by atoms with Crippen molar-refractivity contribution in [2.45, 2.75) is 19.4 Å². The summed E-state index contributed by atoms with van der Waals surface area (Å²) in [6, 6.07) is 3.92. The molecular formula is C15H23ClN2O2. The molecule has 1 heterocycles. The van der Waals surface area contributed by atoms with E-state index in [1.54, 1.807) is 14.2 Å². The van der Waals surface area contributed by atoms with Crippen molar-refractivity contribution < 1.29 is 9.47 Å². The predicted molar refractivity (Wildman–Crippen MR) is 81.6 cm³/mol. The molecule has 0 spiro atoms. The summed E-state index contributed by atoms with van der Waals surface area (Å²) >= 11 is 6.43. The molecule has 1 aromatic rings. The number of hydrogen-bond donors (Lipinski definition) is 1. The number of hydrogen-bond acceptors (Lipinski definition) is 4. The van der Waals surface area contributed by atoms with Gasteiger partial charge in [-0.1, -0.05) is 17.7 Å². The summed E-state index contributed by atoms with van der Waals surface area (Å²) in [5, 5.41) is 0.640. The quantitative estimate of drug-likeness (QED) is 0.907. The van der Waals surface area contributed by atoms with Crippen LogP contribution in [0.15, 0.2) is 12.1 Å². The van der Waals surface area contributed by atoms with Crippen LogP contribution in [-0.4, -0.2) is 38.8 Å².